The van der Waals surface area contributed by atoms with Gasteiger partial charge in [0.15, 0.2) is 0 Å². The van der Waals surface area contributed by atoms with Crippen molar-refractivity contribution in [1.82, 2.24) is 10.6 Å². The molecule has 5 heteroatoms. The highest BCUT2D eigenvalue weighted by Gasteiger charge is 1.99. The van der Waals surface area contributed by atoms with Crippen LogP contribution in [0.25, 0.3) is 0 Å². The minimum absolute atomic E-state index is 0.0698. The molecule has 0 radical (unpaired) electrons. The number of hydrogen-bond acceptors (Lipinski definition) is 3. The van der Waals surface area contributed by atoms with Crippen molar-refractivity contribution in [2.24, 2.45) is 0 Å². The van der Waals surface area contributed by atoms with E-state index >= 15 is 0 Å². The minimum Gasteiger partial charge on any atom is -0.372 e. The third-order valence-electron chi connectivity index (χ3n) is 2.01. The van der Waals surface area contributed by atoms with E-state index in [1.54, 1.807) is 0 Å². The van der Waals surface area contributed by atoms with E-state index in [2.05, 4.69) is 10.6 Å². The van der Waals surface area contributed by atoms with E-state index in [0.717, 1.165) is 12.8 Å². The van der Waals surface area contributed by atoms with Crippen molar-refractivity contribution in [2.45, 2.75) is 33.1 Å². The molecule has 0 rings (SSSR count). The fourth-order valence-corrected chi connectivity index (χ4v) is 1.08. The van der Waals surface area contributed by atoms with Crippen LogP contribution in [0.5, 0.6) is 0 Å². The van der Waals surface area contributed by atoms with Crippen LogP contribution in [0, 0.1) is 0 Å². The molecule has 5 nitrogen and oxygen atoms in total. The molecule has 0 atom stereocenters. The van der Waals surface area contributed by atoms with Crippen LogP contribution in [0.4, 0.5) is 0 Å². The SMILES string of the molecule is CCOCC(=O)NCCCCNC(=O)CC. The van der Waals surface area contributed by atoms with E-state index in [0.29, 0.717) is 26.1 Å². The maximum Gasteiger partial charge on any atom is 0.245 e. The normalized spacial score (nSPS) is 9.88. The van der Waals surface area contributed by atoms with E-state index in [4.69, 9.17) is 4.74 Å². The monoisotopic (exact) mass is 230 g/mol. The molecule has 0 aromatic rings. The van der Waals surface area contributed by atoms with Crippen LogP contribution in [0.15, 0.2) is 0 Å². The second-order valence-corrected chi connectivity index (χ2v) is 3.40. The summed E-state index contributed by atoms with van der Waals surface area (Å²) in [6.45, 7) is 5.66. The number of hydrogen-bond donors (Lipinski definition) is 2. The van der Waals surface area contributed by atoms with E-state index in [9.17, 15) is 9.59 Å². The van der Waals surface area contributed by atoms with Crippen LogP contribution in [0.3, 0.4) is 0 Å². The number of nitrogens with one attached hydrogen (secondary N) is 2. The van der Waals surface area contributed by atoms with Crippen molar-refractivity contribution < 1.29 is 14.3 Å². The molecule has 0 bridgehead atoms. The average Bonchev–Trinajstić information content (AvgIpc) is 2.30. The number of unbranched alkanes of at least 4 members (excludes halogenated alkanes) is 1. The number of carbonyl (C=O) groups excluding carboxylic acids is 2. The van der Waals surface area contributed by atoms with Crippen LogP contribution in [0.2, 0.25) is 0 Å². The van der Waals surface area contributed by atoms with Gasteiger partial charge in [-0.25, -0.2) is 0 Å². The summed E-state index contributed by atoms with van der Waals surface area (Å²) < 4.78 is 4.95. The molecule has 0 saturated heterocycles. The van der Waals surface area contributed by atoms with Gasteiger partial charge in [-0.3, -0.25) is 9.59 Å². The lowest BCUT2D eigenvalue weighted by Gasteiger charge is -2.05. The van der Waals surface area contributed by atoms with Crippen molar-refractivity contribution in [3.05, 3.63) is 0 Å². The van der Waals surface area contributed by atoms with E-state index in [1.165, 1.54) is 0 Å². The lowest BCUT2D eigenvalue weighted by atomic mass is 10.3. The Bertz CT molecular complexity index is 207. The first kappa shape index (κ1) is 14.9. The van der Waals surface area contributed by atoms with Gasteiger partial charge in [0.05, 0.1) is 0 Å². The van der Waals surface area contributed by atoms with Crippen molar-refractivity contribution in [3.63, 3.8) is 0 Å². The van der Waals surface area contributed by atoms with Gasteiger partial charge in [-0.1, -0.05) is 6.92 Å². The van der Waals surface area contributed by atoms with Crippen LogP contribution < -0.4 is 10.6 Å². The Balaban J connectivity index is 3.20. The summed E-state index contributed by atoms with van der Waals surface area (Å²) in [6.07, 6.45) is 2.26. The Kier molecular flexibility index (Phi) is 9.70. The van der Waals surface area contributed by atoms with Gasteiger partial charge in [0.25, 0.3) is 0 Å². The lowest BCUT2D eigenvalue weighted by molar-refractivity contribution is -0.125. The third-order valence-corrected chi connectivity index (χ3v) is 2.01. The maximum absolute atomic E-state index is 11.1. The topological polar surface area (TPSA) is 67.4 Å². The second-order valence-electron chi connectivity index (χ2n) is 3.40. The quantitative estimate of drug-likeness (QED) is 0.565. The first-order chi connectivity index (χ1) is 7.70. The van der Waals surface area contributed by atoms with Crippen LogP contribution >= 0.6 is 0 Å². The average molecular weight is 230 g/mol. The smallest absolute Gasteiger partial charge is 0.245 e. The minimum atomic E-state index is -0.0838. The standard InChI is InChI=1S/C11H22N2O3/c1-3-10(14)12-7-5-6-8-13-11(15)9-16-4-2/h3-9H2,1-2H3,(H,12,14)(H,13,15). The van der Waals surface area contributed by atoms with Gasteiger partial charge in [0.1, 0.15) is 6.61 Å². The van der Waals surface area contributed by atoms with Crippen LogP contribution in [-0.4, -0.2) is 38.1 Å². The predicted octanol–water partition coefficient (Wildman–Crippen LogP) is 0.445. The molecular formula is C11H22N2O3. The molecule has 0 heterocycles. The largest absolute Gasteiger partial charge is 0.372 e. The van der Waals surface area contributed by atoms with Crippen LogP contribution in [-0.2, 0) is 14.3 Å². The van der Waals surface area contributed by atoms with Crippen molar-refractivity contribution in [3.8, 4) is 0 Å². The zero-order valence-corrected chi connectivity index (χ0v) is 10.2. The van der Waals surface area contributed by atoms with Gasteiger partial charge >= 0.3 is 0 Å². The molecule has 16 heavy (non-hydrogen) atoms. The Labute approximate surface area is 96.9 Å². The second kappa shape index (κ2) is 10.4. The van der Waals surface area contributed by atoms with Crippen molar-refractivity contribution in [2.75, 3.05) is 26.3 Å². The highest BCUT2D eigenvalue weighted by molar-refractivity contribution is 5.77. The molecule has 2 N–H and O–H groups in total. The molecule has 0 aliphatic carbocycles. The fraction of sp³-hybridized carbons (Fsp3) is 0.818. The number of amides is 2. The molecule has 0 unspecified atom stereocenters. The Hall–Kier alpha value is -1.10. The summed E-state index contributed by atoms with van der Waals surface area (Å²) in [6, 6.07) is 0. The zero-order chi connectivity index (χ0) is 12.2. The summed E-state index contributed by atoms with van der Waals surface area (Å²) in [7, 11) is 0. The zero-order valence-electron chi connectivity index (χ0n) is 10.2. The molecule has 0 aromatic heterocycles. The number of rotatable bonds is 9. The summed E-state index contributed by atoms with van der Waals surface area (Å²) in [5, 5.41) is 5.52. The van der Waals surface area contributed by atoms with Gasteiger partial charge in [-0.05, 0) is 19.8 Å². The van der Waals surface area contributed by atoms with E-state index < -0.39 is 0 Å². The molecule has 0 aliphatic rings. The Morgan fingerprint density at radius 2 is 1.56 bits per heavy atom. The van der Waals surface area contributed by atoms with E-state index in [-0.39, 0.29) is 18.4 Å². The molecule has 0 saturated carbocycles. The molecule has 0 spiro atoms. The molecule has 2 amide bonds. The van der Waals surface area contributed by atoms with Gasteiger partial charge in [-0.2, -0.15) is 0 Å². The number of ether oxygens (including phenoxy) is 1. The summed E-state index contributed by atoms with van der Waals surface area (Å²) in [5.74, 6) is -0.0141. The van der Waals surface area contributed by atoms with Crippen LogP contribution in [0.1, 0.15) is 33.1 Å². The summed E-state index contributed by atoms with van der Waals surface area (Å²) in [5.41, 5.74) is 0. The van der Waals surface area contributed by atoms with Gasteiger partial charge in [0, 0.05) is 26.1 Å². The fourth-order valence-electron chi connectivity index (χ4n) is 1.08. The van der Waals surface area contributed by atoms with E-state index in [1.807, 2.05) is 13.8 Å². The van der Waals surface area contributed by atoms with Crippen molar-refractivity contribution in [1.29, 1.82) is 0 Å². The number of carbonyl (C=O) groups is 2. The van der Waals surface area contributed by atoms with Gasteiger partial charge in [0.2, 0.25) is 11.8 Å². The maximum atomic E-state index is 11.1. The molecular weight excluding hydrogens is 208 g/mol. The first-order valence-corrected chi connectivity index (χ1v) is 5.81. The third kappa shape index (κ3) is 9.45. The predicted molar refractivity (Wildman–Crippen MR) is 62.0 cm³/mol. The molecule has 0 fully saturated rings. The Morgan fingerprint density at radius 1 is 1.00 bits per heavy atom. The first-order valence-electron chi connectivity index (χ1n) is 5.81. The molecule has 94 valence electrons. The molecule has 0 aromatic carbocycles. The Morgan fingerprint density at radius 3 is 2.06 bits per heavy atom. The highest BCUT2D eigenvalue weighted by Crippen LogP contribution is 1.86. The summed E-state index contributed by atoms with van der Waals surface area (Å²) >= 11 is 0. The summed E-state index contributed by atoms with van der Waals surface area (Å²) in [4.78, 5) is 22.0. The lowest BCUT2D eigenvalue weighted by Crippen LogP contribution is -2.29. The molecule has 0 aliphatic heterocycles. The van der Waals surface area contributed by atoms with Crippen molar-refractivity contribution >= 4 is 11.8 Å². The highest BCUT2D eigenvalue weighted by atomic mass is 16.5. The van der Waals surface area contributed by atoms with Gasteiger partial charge in [-0.15, -0.1) is 0 Å². The van der Waals surface area contributed by atoms with Gasteiger partial charge < -0.3 is 15.4 Å².